The highest BCUT2D eigenvalue weighted by Crippen LogP contribution is 2.09. The van der Waals surface area contributed by atoms with E-state index in [0.29, 0.717) is 43.4 Å². The molecular weight excluding hydrogens is 369 g/mol. The molecule has 0 saturated heterocycles. The molecule has 7 nitrogen and oxygen atoms in total. The van der Waals surface area contributed by atoms with E-state index in [1.807, 2.05) is 6.07 Å². The van der Waals surface area contributed by atoms with Gasteiger partial charge in [0.1, 0.15) is 17.7 Å². The zero-order valence-corrected chi connectivity index (χ0v) is 16.1. The average molecular weight is 391 g/mol. The van der Waals surface area contributed by atoms with Crippen molar-refractivity contribution >= 4 is 18.0 Å². The number of benzene rings is 1. The molecule has 0 unspecified atom stereocenters. The summed E-state index contributed by atoms with van der Waals surface area (Å²) in [6, 6.07) is 8.25. The van der Waals surface area contributed by atoms with Crippen LogP contribution in [-0.2, 0) is 25.4 Å². The van der Waals surface area contributed by atoms with Gasteiger partial charge < -0.3 is 19.9 Å². The monoisotopic (exact) mass is 391 g/mol. The van der Waals surface area contributed by atoms with Crippen LogP contribution < -0.4 is 16.2 Å². The Morgan fingerprint density at radius 1 is 1.19 bits per heavy atom. The molecule has 0 fully saturated rings. The number of hydrogen-bond donors (Lipinski definition) is 2. The number of nitrogens with one attached hydrogen (secondary N) is 2. The fourth-order valence-corrected chi connectivity index (χ4v) is 2.65. The van der Waals surface area contributed by atoms with Crippen molar-refractivity contribution in [2.75, 3.05) is 31.6 Å². The number of rotatable bonds is 9. The summed E-state index contributed by atoms with van der Waals surface area (Å²) in [5.74, 6) is 0.144. The minimum absolute atomic E-state index is 0.0227. The third-order valence-corrected chi connectivity index (χ3v) is 4.53. The SMILES string of the molecule is Cn1c(NCCOCCNCc2ccc(F)cc2)c(C#N)c(=O)n(C)c1=S. The molecule has 1 heterocycles. The molecule has 0 bridgehead atoms. The fourth-order valence-electron chi connectivity index (χ4n) is 2.47. The van der Waals surface area contributed by atoms with Crippen LogP contribution in [0.2, 0.25) is 0 Å². The number of hydrogen-bond acceptors (Lipinski definition) is 6. The first kappa shape index (κ1) is 20.8. The Bertz CT molecular complexity index is 931. The highest BCUT2D eigenvalue weighted by atomic mass is 32.1. The highest BCUT2D eigenvalue weighted by Gasteiger charge is 2.13. The van der Waals surface area contributed by atoms with E-state index in [9.17, 15) is 14.4 Å². The van der Waals surface area contributed by atoms with Crippen LogP contribution >= 0.6 is 12.2 Å². The molecule has 0 aliphatic rings. The molecule has 0 atom stereocenters. The predicted molar refractivity (Wildman–Crippen MR) is 104 cm³/mol. The summed E-state index contributed by atoms with van der Waals surface area (Å²) < 4.78 is 21.5. The first-order chi connectivity index (χ1) is 13.0. The maximum atomic E-state index is 12.8. The summed E-state index contributed by atoms with van der Waals surface area (Å²) in [5.41, 5.74) is 0.601. The van der Waals surface area contributed by atoms with Gasteiger partial charge in [-0.05, 0) is 29.9 Å². The highest BCUT2D eigenvalue weighted by molar-refractivity contribution is 7.71. The normalized spacial score (nSPS) is 10.6. The van der Waals surface area contributed by atoms with Gasteiger partial charge in [-0.3, -0.25) is 9.36 Å². The number of halogens is 1. The lowest BCUT2D eigenvalue weighted by Gasteiger charge is -2.15. The van der Waals surface area contributed by atoms with Crippen LogP contribution in [0.3, 0.4) is 0 Å². The van der Waals surface area contributed by atoms with Crippen molar-refractivity contribution in [2.24, 2.45) is 14.1 Å². The van der Waals surface area contributed by atoms with Crippen LogP contribution in [0, 0.1) is 21.9 Å². The van der Waals surface area contributed by atoms with Crippen molar-refractivity contribution in [1.82, 2.24) is 14.5 Å². The van der Waals surface area contributed by atoms with Crippen molar-refractivity contribution in [3.05, 3.63) is 56.3 Å². The third kappa shape index (κ3) is 5.47. The maximum Gasteiger partial charge on any atom is 0.274 e. The molecule has 2 rings (SSSR count). The van der Waals surface area contributed by atoms with Crippen LogP contribution in [-0.4, -0.2) is 35.4 Å². The first-order valence-corrected chi connectivity index (χ1v) is 8.83. The molecule has 0 amide bonds. The van der Waals surface area contributed by atoms with Gasteiger partial charge in [-0.15, -0.1) is 0 Å². The molecule has 0 saturated carbocycles. The Morgan fingerprint density at radius 3 is 2.52 bits per heavy atom. The predicted octanol–water partition coefficient (Wildman–Crippen LogP) is 1.68. The number of ether oxygens (including phenoxy) is 1. The summed E-state index contributed by atoms with van der Waals surface area (Å²) in [5, 5.41) is 15.5. The summed E-state index contributed by atoms with van der Waals surface area (Å²) >= 11 is 5.19. The van der Waals surface area contributed by atoms with Gasteiger partial charge in [0, 0.05) is 33.7 Å². The Morgan fingerprint density at radius 2 is 1.85 bits per heavy atom. The fraction of sp³-hybridized carbons (Fsp3) is 0.389. The largest absolute Gasteiger partial charge is 0.378 e. The molecule has 0 radical (unpaired) electrons. The van der Waals surface area contributed by atoms with E-state index < -0.39 is 5.56 Å². The zero-order valence-electron chi connectivity index (χ0n) is 15.3. The third-order valence-electron chi connectivity index (χ3n) is 3.98. The molecule has 1 aromatic heterocycles. The molecule has 2 aromatic rings. The lowest BCUT2D eigenvalue weighted by Crippen LogP contribution is -2.28. The standard InChI is InChI=1S/C18H22FN5O2S/c1-23-16(15(11-20)17(25)24(2)18(23)27)22-8-10-26-9-7-21-12-13-3-5-14(19)6-4-13/h3-6,21-22H,7-10,12H2,1-2H3. The Balaban J connectivity index is 1.73. The van der Waals surface area contributed by atoms with Gasteiger partial charge in [-0.1, -0.05) is 12.1 Å². The quantitative estimate of drug-likeness (QED) is 0.500. The van der Waals surface area contributed by atoms with Gasteiger partial charge >= 0.3 is 0 Å². The van der Waals surface area contributed by atoms with Gasteiger partial charge in [-0.25, -0.2) is 4.39 Å². The second-order valence-electron chi connectivity index (χ2n) is 5.88. The smallest absolute Gasteiger partial charge is 0.274 e. The lowest BCUT2D eigenvalue weighted by atomic mass is 10.2. The lowest BCUT2D eigenvalue weighted by molar-refractivity contribution is 0.145. The molecule has 27 heavy (non-hydrogen) atoms. The van der Waals surface area contributed by atoms with E-state index in [4.69, 9.17) is 17.0 Å². The van der Waals surface area contributed by atoms with Gasteiger partial charge in [0.2, 0.25) is 0 Å². The molecule has 0 spiro atoms. The Labute approximate surface area is 162 Å². The number of nitrogens with zero attached hydrogens (tertiary/aromatic N) is 3. The molecule has 9 heteroatoms. The van der Waals surface area contributed by atoms with Crippen molar-refractivity contribution < 1.29 is 9.13 Å². The first-order valence-electron chi connectivity index (χ1n) is 8.42. The van der Waals surface area contributed by atoms with E-state index >= 15 is 0 Å². The van der Waals surface area contributed by atoms with Gasteiger partial charge in [0.25, 0.3) is 5.56 Å². The summed E-state index contributed by atoms with van der Waals surface area (Å²) in [7, 11) is 3.24. The van der Waals surface area contributed by atoms with E-state index in [1.54, 1.807) is 23.7 Å². The second-order valence-corrected chi connectivity index (χ2v) is 6.25. The van der Waals surface area contributed by atoms with Crippen LogP contribution in [0.1, 0.15) is 11.1 Å². The van der Waals surface area contributed by atoms with Crippen molar-refractivity contribution in [3.63, 3.8) is 0 Å². The van der Waals surface area contributed by atoms with Gasteiger partial charge in [0.15, 0.2) is 10.3 Å². The Kier molecular flexibility index (Phi) is 7.67. The van der Waals surface area contributed by atoms with Crippen molar-refractivity contribution in [3.8, 4) is 6.07 Å². The summed E-state index contributed by atoms with van der Waals surface area (Å²) in [6.45, 7) is 2.63. The van der Waals surface area contributed by atoms with Crippen LogP contribution in [0.4, 0.5) is 10.2 Å². The van der Waals surface area contributed by atoms with Crippen LogP contribution in [0.25, 0.3) is 0 Å². The summed E-state index contributed by atoms with van der Waals surface area (Å²) in [4.78, 5) is 12.1. The number of aromatic nitrogens is 2. The second kappa shape index (κ2) is 9.97. The van der Waals surface area contributed by atoms with Crippen LogP contribution in [0.5, 0.6) is 0 Å². The van der Waals surface area contributed by atoms with Crippen LogP contribution in [0.15, 0.2) is 29.1 Å². The van der Waals surface area contributed by atoms with Crippen molar-refractivity contribution in [2.45, 2.75) is 6.54 Å². The Hall–Kier alpha value is -2.54. The minimum atomic E-state index is -0.422. The molecule has 0 aliphatic carbocycles. The minimum Gasteiger partial charge on any atom is -0.378 e. The molecular formula is C18H22FN5O2S. The molecule has 2 N–H and O–H groups in total. The van der Waals surface area contributed by atoms with Gasteiger partial charge in [-0.2, -0.15) is 5.26 Å². The van der Waals surface area contributed by atoms with E-state index in [0.717, 1.165) is 5.56 Å². The van der Waals surface area contributed by atoms with E-state index in [1.165, 1.54) is 23.7 Å². The van der Waals surface area contributed by atoms with Gasteiger partial charge in [0.05, 0.1) is 13.2 Å². The van der Waals surface area contributed by atoms with E-state index in [-0.39, 0.29) is 11.4 Å². The molecule has 0 aliphatic heterocycles. The average Bonchev–Trinajstić information content (AvgIpc) is 2.67. The summed E-state index contributed by atoms with van der Waals surface area (Å²) in [6.07, 6.45) is 0. The molecule has 1 aromatic carbocycles. The maximum absolute atomic E-state index is 12.8. The number of nitriles is 1. The molecule has 144 valence electrons. The van der Waals surface area contributed by atoms with E-state index in [2.05, 4.69) is 10.6 Å². The topological polar surface area (TPSA) is 84.0 Å². The zero-order chi connectivity index (χ0) is 19.8. The number of anilines is 1. The van der Waals surface area contributed by atoms with Crippen molar-refractivity contribution in [1.29, 1.82) is 5.26 Å².